The molecule has 1 rings (SSSR count). The fourth-order valence-electron chi connectivity index (χ4n) is 1.34. The number of halogens is 1. The summed E-state index contributed by atoms with van der Waals surface area (Å²) in [5.41, 5.74) is -0.116. The van der Waals surface area contributed by atoms with Crippen LogP contribution in [-0.2, 0) is 0 Å². The lowest BCUT2D eigenvalue weighted by molar-refractivity contribution is 0.722. The molecule has 1 aromatic heterocycles. The molecule has 0 bridgehead atoms. The van der Waals surface area contributed by atoms with E-state index in [4.69, 9.17) is 0 Å². The van der Waals surface area contributed by atoms with Crippen molar-refractivity contribution in [1.29, 1.82) is 0 Å². The number of nitrogens with one attached hydrogen (secondary N) is 1. The van der Waals surface area contributed by atoms with Gasteiger partial charge in [0.2, 0.25) is 0 Å². The molecular weight excluding hydrogens is 258 g/mol. The van der Waals surface area contributed by atoms with Crippen molar-refractivity contribution in [3.05, 3.63) is 22.7 Å². The maximum atomic E-state index is 11.5. The molecule has 84 valence electrons. The van der Waals surface area contributed by atoms with Gasteiger partial charge < -0.3 is 9.88 Å². The minimum atomic E-state index is -0.116. The Labute approximate surface area is 97.8 Å². The Kier molecular flexibility index (Phi) is 5.39. The van der Waals surface area contributed by atoms with Gasteiger partial charge in [0.1, 0.15) is 0 Å². The predicted molar refractivity (Wildman–Crippen MR) is 65.8 cm³/mol. The van der Waals surface area contributed by atoms with Crippen molar-refractivity contribution in [2.75, 3.05) is 23.3 Å². The molecule has 0 fully saturated rings. The Morgan fingerprint density at radius 3 is 2.93 bits per heavy atom. The van der Waals surface area contributed by atoms with Gasteiger partial charge in [0.05, 0.1) is 0 Å². The minimum Gasteiger partial charge on any atom is -0.351 e. The van der Waals surface area contributed by atoms with E-state index in [0.29, 0.717) is 5.82 Å². The van der Waals surface area contributed by atoms with Gasteiger partial charge in [-0.25, -0.2) is 4.98 Å². The van der Waals surface area contributed by atoms with E-state index in [1.165, 1.54) is 0 Å². The predicted octanol–water partition coefficient (Wildman–Crippen LogP) is 1.77. The molecule has 0 aromatic carbocycles. The number of aromatic nitrogens is 2. The van der Waals surface area contributed by atoms with E-state index in [0.717, 1.165) is 31.3 Å². The summed E-state index contributed by atoms with van der Waals surface area (Å²) in [7, 11) is 0. The monoisotopic (exact) mass is 273 g/mol. The second-order valence-electron chi connectivity index (χ2n) is 3.27. The minimum absolute atomic E-state index is 0.116. The molecule has 0 aliphatic rings. The van der Waals surface area contributed by atoms with Gasteiger partial charge in [0.15, 0.2) is 5.82 Å². The Balaban J connectivity index is 2.79. The third kappa shape index (κ3) is 3.66. The molecule has 0 spiro atoms. The first kappa shape index (κ1) is 12.2. The van der Waals surface area contributed by atoms with Crippen LogP contribution in [0.1, 0.15) is 19.8 Å². The van der Waals surface area contributed by atoms with E-state index in [1.54, 1.807) is 12.4 Å². The number of hydrogen-bond acceptors (Lipinski definition) is 3. The van der Waals surface area contributed by atoms with E-state index in [9.17, 15) is 4.79 Å². The second kappa shape index (κ2) is 6.61. The zero-order valence-corrected chi connectivity index (χ0v) is 10.5. The van der Waals surface area contributed by atoms with E-state index >= 15 is 0 Å². The Morgan fingerprint density at radius 1 is 1.53 bits per heavy atom. The van der Waals surface area contributed by atoms with Gasteiger partial charge in [-0.15, -0.1) is 0 Å². The Morgan fingerprint density at radius 2 is 2.33 bits per heavy atom. The van der Waals surface area contributed by atoms with E-state index in [1.807, 2.05) is 4.90 Å². The molecule has 0 saturated carbocycles. The van der Waals surface area contributed by atoms with Crippen molar-refractivity contribution in [3.63, 3.8) is 0 Å². The lowest BCUT2D eigenvalue weighted by atomic mass is 10.3. The molecule has 0 radical (unpaired) electrons. The standard InChI is InChI=1S/C10H16BrN3O/c1-2-3-7-14(8-4-11)9-10(15)13-6-5-12-9/h5-6H,2-4,7-8H2,1H3,(H,13,15). The summed E-state index contributed by atoms with van der Waals surface area (Å²) < 4.78 is 0. The largest absolute Gasteiger partial charge is 0.351 e. The first-order valence-corrected chi connectivity index (χ1v) is 6.26. The number of aromatic amines is 1. The van der Waals surface area contributed by atoms with Crippen molar-refractivity contribution in [2.45, 2.75) is 19.8 Å². The Bertz CT molecular complexity index is 339. The van der Waals surface area contributed by atoms with Crippen LogP contribution < -0.4 is 10.5 Å². The zero-order valence-electron chi connectivity index (χ0n) is 8.87. The first-order valence-electron chi connectivity index (χ1n) is 5.14. The fraction of sp³-hybridized carbons (Fsp3) is 0.600. The molecule has 15 heavy (non-hydrogen) atoms. The Hall–Kier alpha value is -0.840. The fourth-order valence-corrected chi connectivity index (χ4v) is 1.77. The number of alkyl halides is 1. The third-order valence-electron chi connectivity index (χ3n) is 2.12. The molecule has 1 N–H and O–H groups in total. The second-order valence-corrected chi connectivity index (χ2v) is 4.06. The maximum Gasteiger partial charge on any atom is 0.290 e. The number of rotatable bonds is 6. The van der Waals surface area contributed by atoms with Crippen molar-refractivity contribution < 1.29 is 0 Å². The molecule has 0 saturated heterocycles. The van der Waals surface area contributed by atoms with Gasteiger partial charge in [-0.05, 0) is 6.42 Å². The molecule has 0 amide bonds. The smallest absolute Gasteiger partial charge is 0.290 e. The molecule has 5 heteroatoms. The molecule has 4 nitrogen and oxygen atoms in total. The van der Waals surface area contributed by atoms with Crippen LogP contribution in [0.3, 0.4) is 0 Å². The maximum absolute atomic E-state index is 11.5. The quantitative estimate of drug-likeness (QED) is 0.804. The zero-order chi connectivity index (χ0) is 11.1. The summed E-state index contributed by atoms with van der Waals surface area (Å²) in [6.45, 7) is 3.82. The van der Waals surface area contributed by atoms with Gasteiger partial charge in [0, 0.05) is 30.8 Å². The molecule has 0 atom stereocenters. The molecule has 0 unspecified atom stereocenters. The topological polar surface area (TPSA) is 49.0 Å². The van der Waals surface area contributed by atoms with Crippen LogP contribution in [-0.4, -0.2) is 28.4 Å². The van der Waals surface area contributed by atoms with Gasteiger partial charge >= 0.3 is 0 Å². The molecule has 1 aromatic rings. The average Bonchev–Trinajstić information content (AvgIpc) is 2.25. The highest BCUT2D eigenvalue weighted by Crippen LogP contribution is 2.05. The number of unbranched alkanes of at least 4 members (excludes halogenated alkanes) is 1. The molecular formula is C10H16BrN3O. The SMILES string of the molecule is CCCCN(CCBr)c1ncc[nH]c1=O. The highest BCUT2D eigenvalue weighted by atomic mass is 79.9. The van der Waals surface area contributed by atoms with Crippen LogP contribution in [0, 0.1) is 0 Å². The van der Waals surface area contributed by atoms with Crippen LogP contribution in [0.25, 0.3) is 0 Å². The van der Waals surface area contributed by atoms with Crippen molar-refractivity contribution in [1.82, 2.24) is 9.97 Å². The highest BCUT2D eigenvalue weighted by Gasteiger charge is 2.09. The molecule has 0 aliphatic heterocycles. The van der Waals surface area contributed by atoms with Gasteiger partial charge in [-0.1, -0.05) is 29.3 Å². The number of nitrogens with zero attached hydrogens (tertiary/aromatic N) is 2. The summed E-state index contributed by atoms with van der Waals surface area (Å²) in [6, 6.07) is 0. The van der Waals surface area contributed by atoms with E-state index in [-0.39, 0.29) is 5.56 Å². The lowest BCUT2D eigenvalue weighted by Crippen LogP contribution is -2.32. The third-order valence-corrected chi connectivity index (χ3v) is 2.48. The van der Waals surface area contributed by atoms with Crippen LogP contribution in [0.5, 0.6) is 0 Å². The van der Waals surface area contributed by atoms with Crippen LogP contribution in [0.4, 0.5) is 5.82 Å². The van der Waals surface area contributed by atoms with Crippen LogP contribution in [0.2, 0.25) is 0 Å². The molecule has 1 heterocycles. The van der Waals surface area contributed by atoms with Gasteiger partial charge in [-0.3, -0.25) is 4.79 Å². The van der Waals surface area contributed by atoms with Crippen molar-refractivity contribution >= 4 is 21.7 Å². The summed E-state index contributed by atoms with van der Waals surface area (Å²) in [6.07, 6.45) is 5.36. The van der Waals surface area contributed by atoms with Crippen molar-refractivity contribution in [3.8, 4) is 0 Å². The molecule has 0 aliphatic carbocycles. The summed E-state index contributed by atoms with van der Waals surface area (Å²) in [5, 5.41) is 0.840. The summed E-state index contributed by atoms with van der Waals surface area (Å²) >= 11 is 3.38. The van der Waals surface area contributed by atoms with Crippen molar-refractivity contribution in [2.24, 2.45) is 0 Å². The summed E-state index contributed by atoms with van der Waals surface area (Å²) in [5.74, 6) is 0.519. The number of anilines is 1. The van der Waals surface area contributed by atoms with Crippen LogP contribution in [0.15, 0.2) is 17.2 Å². The number of H-pyrrole nitrogens is 1. The lowest BCUT2D eigenvalue weighted by Gasteiger charge is -2.21. The van der Waals surface area contributed by atoms with Gasteiger partial charge in [0.25, 0.3) is 5.56 Å². The first-order chi connectivity index (χ1) is 7.29. The van der Waals surface area contributed by atoms with Gasteiger partial charge in [-0.2, -0.15) is 0 Å². The van der Waals surface area contributed by atoms with E-state index < -0.39 is 0 Å². The van der Waals surface area contributed by atoms with Crippen LogP contribution >= 0.6 is 15.9 Å². The van der Waals surface area contributed by atoms with E-state index in [2.05, 4.69) is 32.8 Å². The summed E-state index contributed by atoms with van der Waals surface area (Å²) in [4.78, 5) is 20.3. The average molecular weight is 274 g/mol. The number of hydrogen-bond donors (Lipinski definition) is 1. The highest BCUT2D eigenvalue weighted by molar-refractivity contribution is 9.09. The normalized spacial score (nSPS) is 10.3.